The van der Waals surface area contributed by atoms with Crippen LogP contribution in [0.5, 0.6) is 0 Å². The summed E-state index contributed by atoms with van der Waals surface area (Å²) in [6.45, 7) is 1.85. The van der Waals surface area contributed by atoms with Crippen molar-refractivity contribution in [3.05, 3.63) is 64.1 Å². The molecule has 0 bridgehead atoms. The van der Waals surface area contributed by atoms with E-state index in [4.69, 9.17) is 0 Å². The van der Waals surface area contributed by atoms with Gasteiger partial charge in [-0.25, -0.2) is 8.42 Å². The number of aryl methyl sites for hydroxylation is 1. The van der Waals surface area contributed by atoms with Gasteiger partial charge in [-0.15, -0.1) is 0 Å². The van der Waals surface area contributed by atoms with Crippen LogP contribution in [0.2, 0.25) is 0 Å². The van der Waals surface area contributed by atoms with Gasteiger partial charge in [0.25, 0.3) is 0 Å². The minimum atomic E-state index is -3.59. The third-order valence-corrected chi connectivity index (χ3v) is 5.43. The molecule has 2 rings (SSSR count). The van der Waals surface area contributed by atoms with Crippen LogP contribution < -0.4 is 0 Å². The number of hydrogen-bond acceptors (Lipinski definition) is 3. The molecule has 2 aromatic carbocycles. The van der Waals surface area contributed by atoms with Gasteiger partial charge in [0.15, 0.2) is 15.6 Å². The Balaban J connectivity index is 2.25. The number of carbonyl (C=O) groups is 1. The second-order valence-corrected chi connectivity index (χ2v) is 7.30. The summed E-state index contributed by atoms with van der Waals surface area (Å²) in [6, 6.07) is 13.1. The van der Waals surface area contributed by atoms with E-state index in [1.54, 1.807) is 36.4 Å². The van der Waals surface area contributed by atoms with Gasteiger partial charge in [0.05, 0.1) is 4.90 Å². The molecule has 0 unspecified atom stereocenters. The van der Waals surface area contributed by atoms with E-state index in [-0.39, 0.29) is 4.90 Å². The lowest BCUT2D eigenvalue weighted by molar-refractivity contribution is 0.102. The molecular weight excluding hydrogens is 340 g/mol. The van der Waals surface area contributed by atoms with E-state index < -0.39 is 21.4 Å². The zero-order valence-corrected chi connectivity index (χ0v) is 13.2. The lowest BCUT2D eigenvalue weighted by Crippen LogP contribution is -2.16. The van der Waals surface area contributed by atoms with Gasteiger partial charge in [-0.05, 0) is 36.8 Å². The summed E-state index contributed by atoms with van der Waals surface area (Å²) in [4.78, 5) is 12.3. The molecule has 2 aromatic rings. The smallest absolute Gasteiger partial charge is 0.185 e. The Morgan fingerprint density at radius 3 is 2.35 bits per heavy atom. The first-order valence-electron chi connectivity index (χ1n) is 5.97. The summed E-state index contributed by atoms with van der Waals surface area (Å²) in [5.74, 6) is -0.914. The van der Waals surface area contributed by atoms with Crippen molar-refractivity contribution in [1.82, 2.24) is 0 Å². The Morgan fingerprint density at radius 1 is 1.10 bits per heavy atom. The minimum Gasteiger partial charge on any atom is -0.293 e. The fourth-order valence-electron chi connectivity index (χ4n) is 1.79. The topological polar surface area (TPSA) is 51.2 Å². The molecule has 0 saturated carbocycles. The van der Waals surface area contributed by atoms with Crippen molar-refractivity contribution >= 4 is 31.6 Å². The van der Waals surface area contributed by atoms with E-state index >= 15 is 0 Å². The van der Waals surface area contributed by atoms with Crippen LogP contribution in [0, 0.1) is 6.92 Å². The highest BCUT2D eigenvalue weighted by molar-refractivity contribution is 9.10. The second-order valence-electron chi connectivity index (χ2n) is 4.46. The number of carbonyl (C=O) groups excluding carboxylic acids is 1. The second kappa shape index (κ2) is 5.89. The van der Waals surface area contributed by atoms with E-state index in [0.717, 1.165) is 10.0 Å². The fourth-order valence-corrected chi connectivity index (χ4v) is 3.28. The molecule has 0 radical (unpaired) electrons. The van der Waals surface area contributed by atoms with E-state index in [1.807, 2.05) is 6.92 Å². The Kier molecular flexibility index (Phi) is 4.40. The first kappa shape index (κ1) is 14.9. The molecule has 0 amide bonds. The van der Waals surface area contributed by atoms with Crippen LogP contribution in [-0.4, -0.2) is 20.0 Å². The quantitative estimate of drug-likeness (QED) is 0.792. The van der Waals surface area contributed by atoms with E-state index in [2.05, 4.69) is 15.9 Å². The lowest BCUT2D eigenvalue weighted by Gasteiger charge is -2.05. The van der Waals surface area contributed by atoms with Gasteiger partial charge in [0, 0.05) is 10.0 Å². The maximum Gasteiger partial charge on any atom is 0.185 e. The number of halogens is 1. The summed E-state index contributed by atoms with van der Waals surface area (Å²) in [5.41, 5.74) is 1.30. The molecule has 20 heavy (non-hydrogen) atoms. The maximum absolute atomic E-state index is 12.1. The lowest BCUT2D eigenvalue weighted by atomic mass is 10.1. The summed E-state index contributed by atoms with van der Waals surface area (Å²) in [6.07, 6.45) is 0. The first-order chi connectivity index (χ1) is 9.40. The van der Waals surface area contributed by atoms with Gasteiger partial charge in [-0.2, -0.15) is 0 Å². The number of benzene rings is 2. The fraction of sp³-hybridized carbons (Fsp3) is 0.133. The van der Waals surface area contributed by atoms with E-state index in [9.17, 15) is 13.2 Å². The number of sulfone groups is 1. The number of ketones is 1. The van der Waals surface area contributed by atoms with Crippen molar-refractivity contribution < 1.29 is 13.2 Å². The van der Waals surface area contributed by atoms with Crippen LogP contribution in [0.25, 0.3) is 0 Å². The van der Waals surface area contributed by atoms with Crippen molar-refractivity contribution in [2.75, 3.05) is 5.75 Å². The number of Topliss-reactive ketones (excluding diaryl/α,β-unsaturated/α-hetero) is 1. The summed E-state index contributed by atoms with van der Waals surface area (Å²) < 4.78 is 25.2. The molecule has 5 heteroatoms. The molecule has 0 spiro atoms. The van der Waals surface area contributed by atoms with Crippen LogP contribution in [0.3, 0.4) is 0 Å². The Morgan fingerprint density at radius 2 is 1.75 bits per heavy atom. The Labute approximate surface area is 126 Å². The van der Waals surface area contributed by atoms with Gasteiger partial charge < -0.3 is 0 Å². The van der Waals surface area contributed by atoms with Gasteiger partial charge >= 0.3 is 0 Å². The van der Waals surface area contributed by atoms with E-state index in [1.165, 1.54) is 12.1 Å². The van der Waals surface area contributed by atoms with Crippen LogP contribution in [0.1, 0.15) is 15.9 Å². The largest absolute Gasteiger partial charge is 0.293 e. The van der Waals surface area contributed by atoms with Gasteiger partial charge in [0.2, 0.25) is 0 Å². The molecule has 0 N–H and O–H groups in total. The predicted molar refractivity (Wildman–Crippen MR) is 81.7 cm³/mol. The molecule has 0 atom stereocenters. The Bertz CT molecular complexity index is 737. The van der Waals surface area contributed by atoms with Crippen molar-refractivity contribution in [2.45, 2.75) is 11.8 Å². The molecule has 0 heterocycles. The maximum atomic E-state index is 12.1. The van der Waals surface area contributed by atoms with Crippen molar-refractivity contribution in [3.8, 4) is 0 Å². The predicted octanol–water partition coefficient (Wildman–Crippen LogP) is 3.41. The van der Waals surface area contributed by atoms with Crippen molar-refractivity contribution in [2.24, 2.45) is 0 Å². The third kappa shape index (κ3) is 3.35. The minimum absolute atomic E-state index is 0.169. The SMILES string of the molecule is Cc1cc(C(=O)CS(=O)(=O)c2ccccc2)ccc1Br. The normalized spacial score (nSPS) is 11.3. The van der Waals surface area contributed by atoms with Gasteiger partial charge in [-0.3, -0.25) is 4.79 Å². The standard InChI is InChI=1S/C15H13BrO3S/c1-11-9-12(7-8-14(11)16)15(17)10-20(18,19)13-5-3-2-4-6-13/h2-9H,10H2,1H3. The molecule has 0 fully saturated rings. The highest BCUT2D eigenvalue weighted by Gasteiger charge is 2.20. The average molecular weight is 353 g/mol. The van der Waals surface area contributed by atoms with Crippen molar-refractivity contribution in [1.29, 1.82) is 0 Å². The average Bonchev–Trinajstić information content (AvgIpc) is 2.42. The molecule has 0 aliphatic heterocycles. The van der Waals surface area contributed by atoms with Crippen LogP contribution in [0.4, 0.5) is 0 Å². The van der Waals surface area contributed by atoms with Gasteiger partial charge in [0.1, 0.15) is 5.75 Å². The third-order valence-electron chi connectivity index (χ3n) is 2.90. The molecule has 3 nitrogen and oxygen atoms in total. The Hall–Kier alpha value is -1.46. The number of hydrogen-bond donors (Lipinski definition) is 0. The zero-order chi connectivity index (χ0) is 14.8. The molecule has 104 valence electrons. The molecular formula is C15H13BrO3S. The summed E-state index contributed by atoms with van der Waals surface area (Å²) in [7, 11) is -3.59. The molecule has 0 aliphatic rings. The molecule has 0 saturated heterocycles. The number of rotatable bonds is 4. The molecule has 0 aliphatic carbocycles. The monoisotopic (exact) mass is 352 g/mol. The highest BCUT2D eigenvalue weighted by atomic mass is 79.9. The first-order valence-corrected chi connectivity index (χ1v) is 8.42. The van der Waals surface area contributed by atoms with E-state index in [0.29, 0.717) is 5.56 Å². The molecule has 0 aromatic heterocycles. The van der Waals surface area contributed by atoms with Crippen LogP contribution in [-0.2, 0) is 9.84 Å². The zero-order valence-electron chi connectivity index (χ0n) is 10.8. The summed E-state index contributed by atoms with van der Waals surface area (Å²) in [5, 5.41) is 0. The van der Waals surface area contributed by atoms with Gasteiger partial charge in [-0.1, -0.05) is 40.2 Å². The van der Waals surface area contributed by atoms with Crippen LogP contribution in [0.15, 0.2) is 57.9 Å². The van der Waals surface area contributed by atoms with Crippen LogP contribution >= 0.6 is 15.9 Å². The van der Waals surface area contributed by atoms with Crippen molar-refractivity contribution in [3.63, 3.8) is 0 Å². The highest BCUT2D eigenvalue weighted by Crippen LogP contribution is 2.19. The summed E-state index contributed by atoms with van der Waals surface area (Å²) >= 11 is 3.35.